The molecule has 1 aliphatic heterocycles. The smallest absolute Gasteiger partial charge is 0.255 e. The Morgan fingerprint density at radius 3 is 2.83 bits per heavy atom. The molecule has 0 bridgehead atoms. The van der Waals surface area contributed by atoms with Gasteiger partial charge in [-0.05, 0) is 30.2 Å². The van der Waals surface area contributed by atoms with Crippen LogP contribution >= 0.6 is 0 Å². The molecule has 0 radical (unpaired) electrons. The summed E-state index contributed by atoms with van der Waals surface area (Å²) in [4.78, 5) is 17.8. The molecule has 0 unspecified atom stereocenters. The van der Waals surface area contributed by atoms with E-state index in [1.165, 1.54) is 12.0 Å². The van der Waals surface area contributed by atoms with Crippen molar-refractivity contribution in [1.29, 1.82) is 5.53 Å². The highest BCUT2D eigenvalue weighted by atomic mass is 19.3. The number of aromatic nitrogens is 3. The van der Waals surface area contributed by atoms with Gasteiger partial charge in [0.25, 0.3) is 6.43 Å². The molecule has 1 saturated heterocycles. The van der Waals surface area contributed by atoms with Crippen LogP contribution in [0.3, 0.4) is 0 Å². The molecular weight excluding hydrogens is 477 g/mol. The summed E-state index contributed by atoms with van der Waals surface area (Å²) < 4.78 is 47.3. The second-order valence-electron chi connectivity index (χ2n) is 8.33. The van der Waals surface area contributed by atoms with Crippen LogP contribution in [0.5, 0.6) is 5.88 Å². The van der Waals surface area contributed by atoms with Gasteiger partial charge in [0.2, 0.25) is 17.7 Å². The van der Waals surface area contributed by atoms with Gasteiger partial charge in [0.1, 0.15) is 17.4 Å². The molecule has 1 amide bonds. The topological polar surface area (TPSA) is 120 Å². The lowest BCUT2D eigenvalue weighted by atomic mass is 10.0. The van der Waals surface area contributed by atoms with Crippen LogP contribution < -0.4 is 15.4 Å². The highest BCUT2D eigenvalue weighted by Gasteiger charge is 2.31. The van der Waals surface area contributed by atoms with Crippen LogP contribution in [0.4, 0.5) is 30.5 Å². The van der Waals surface area contributed by atoms with Crippen molar-refractivity contribution in [2.75, 3.05) is 37.4 Å². The molecule has 2 aromatic heterocycles. The van der Waals surface area contributed by atoms with Crippen LogP contribution in [0.1, 0.15) is 19.8 Å². The first-order valence-corrected chi connectivity index (χ1v) is 11.5. The summed E-state index contributed by atoms with van der Waals surface area (Å²) in [5.74, 6) is 0.331. The molecule has 13 heteroatoms. The lowest BCUT2D eigenvalue weighted by Crippen LogP contribution is -2.50. The Bertz CT molecular complexity index is 1250. The van der Waals surface area contributed by atoms with E-state index in [0.717, 1.165) is 0 Å². The zero-order chi connectivity index (χ0) is 25.8. The third-order valence-corrected chi connectivity index (χ3v) is 6.06. The zero-order valence-electron chi connectivity index (χ0n) is 19.8. The van der Waals surface area contributed by atoms with E-state index in [9.17, 15) is 18.0 Å². The molecular formula is C23H27F3N8O2. The number of nitrogens with zero attached hydrogens (tertiary/aromatic N) is 5. The molecule has 3 aromatic rings. The SMILES string of the molecule is CCC(=O)N1CC[C@@H](Nc2nc(OC)c3c(-c4ccc(N=N)c(NCC(F)F)c4)ccn3n2)[C@@H](F)C1. The van der Waals surface area contributed by atoms with Gasteiger partial charge in [-0.25, -0.2) is 23.2 Å². The number of alkyl halides is 3. The Balaban J connectivity index is 1.61. The maximum absolute atomic E-state index is 14.8. The second kappa shape index (κ2) is 10.8. The van der Waals surface area contributed by atoms with Gasteiger partial charge in [-0.3, -0.25) is 4.79 Å². The first-order chi connectivity index (χ1) is 17.3. The standard InChI is InChI=1S/C23H27F3N8O2/c1-3-20(35)33-8-7-16(15(24)12-33)29-23-30-22(36-2)21-14(6-9-34(21)32-23)13-4-5-17(31-27)18(10-13)28-11-19(25)26/h4-6,9-10,15-16,19,27-28H,3,7-8,11-12H2,1-2H3,(H,29,32)/t15-,16+/m0/s1. The Morgan fingerprint density at radius 2 is 2.17 bits per heavy atom. The normalized spacial score (nSPS) is 17.9. The minimum absolute atomic E-state index is 0.0138. The number of nitrogens with one attached hydrogen (secondary N) is 3. The van der Waals surface area contributed by atoms with Crippen molar-refractivity contribution in [2.24, 2.45) is 5.11 Å². The molecule has 1 aliphatic rings. The average Bonchev–Trinajstić information content (AvgIpc) is 3.31. The predicted molar refractivity (Wildman–Crippen MR) is 128 cm³/mol. The van der Waals surface area contributed by atoms with Gasteiger partial charge < -0.3 is 20.3 Å². The van der Waals surface area contributed by atoms with Crippen molar-refractivity contribution in [2.45, 2.75) is 38.4 Å². The van der Waals surface area contributed by atoms with E-state index in [-0.39, 0.29) is 30.0 Å². The molecule has 3 heterocycles. The maximum Gasteiger partial charge on any atom is 0.255 e. The van der Waals surface area contributed by atoms with Gasteiger partial charge in [0.15, 0.2) is 0 Å². The molecule has 3 N–H and O–H groups in total. The number of likely N-dealkylation sites (tertiary alicyclic amines) is 1. The Hall–Kier alpha value is -3.90. The van der Waals surface area contributed by atoms with Crippen LogP contribution in [0.15, 0.2) is 35.6 Å². The fourth-order valence-corrected chi connectivity index (χ4v) is 4.24. The summed E-state index contributed by atoms with van der Waals surface area (Å²) in [6.45, 7) is 1.63. The number of halogens is 3. The summed E-state index contributed by atoms with van der Waals surface area (Å²) in [5.41, 5.74) is 9.67. The number of ether oxygens (including phenoxy) is 1. The van der Waals surface area contributed by atoms with Gasteiger partial charge in [0.05, 0.1) is 31.9 Å². The fraction of sp³-hybridized carbons (Fsp3) is 0.435. The Kier molecular flexibility index (Phi) is 7.55. The number of rotatable bonds is 9. The van der Waals surface area contributed by atoms with E-state index in [1.807, 2.05) is 0 Å². The molecule has 2 atom stereocenters. The summed E-state index contributed by atoms with van der Waals surface area (Å²) in [5, 5.41) is 13.5. The largest absolute Gasteiger partial charge is 0.479 e. The van der Waals surface area contributed by atoms with E-state index in [2.05, 4.69) is 25.8 Å². The van der Waals surface area contributed by atoms with Crippen molar-refractivity contribution in [1.82, 2.24) is 19.5 Å². The number of hydrogen-bond acceptors (Lipinski definition) is 8. The average molecular weight is 505 g/mol. The number of carbonyl (C=O) groups excluding carboxylic acids is 1. The highest BCUT2D eigenvalue weighted by Crippen LogP contribution is 2.36. The van der Waals surface area contributed by atoms with Crippen molar-refractivity contribution in [3.63, 3.8) is 0 Å². The number of amides is 1. The second-order valence-corrected chi connectivity index (χ2v) is 8.33. The van der Waals surface area contributed by atoms with Gasteiger partial charge >= 0.3 is 0 Å². The molecule has 36 heavy (non-hydrogen) atoms. The monoisotopic (exact) mass is 504 g/mol. The van der Waals surface area contributed by atoms with E-state index in [1.54, 1.807) is 41.9 Å². The number of carbonyl (C=O) groups is 1. The molecule has 0 aliphatic carbocycles. The van der Waals surface area contributed by atoms with Gasteiger partial charge in [0, 0.05) is 24.7 Å². The van der Waals surface area contributed by atoms with E-state index in [4.69, 9.17) is 10.3 Å². The first kappa shape index (κ1) is 25.2. The molecule has 1 fully saturated rings. The van der Waals surface area contributed by atoms with Crippen molar-refractivity contribution < 1.29 is 22.7 Å². The predicted octanol–water partition coefficient (Wildman–Crippen LogP) is 4.51. The van der Waals surface area contributed by atoms with Crippen molar-refractivity contribution >= 4 is 28.7 Å². The van der Waals surface area contributed by atoms with Crippen molar-refractivity contribution in [3.8, 4) is 17.0 Å². The zero-order valence-corrected chi connectivity index (χ0v) is 19.8. The van der Waals surface area contributed by atoms with Crippen LogP contribution in [0.2, 0.25) is 0 Å². The molecule has 4 rings (SSSR count). The summed E-state index contributed by atoms with van der Waals surface area (Å²) >= 11 is 0. The Morgan fingerprint density at radius 1 is 1.36 bits per heavy atom. The molecule has 192 valence electrons. The number of fused-ring (bicyclic) bond motifs is 1. The fourth-order valence-electron chi connectivity index (χ4n) is 4.24. The number of hydrogen-bond donors (Lipinski definition) is 3. The van der Waals surface area contributed by atoms with E-state index < -0.39 is 25.2 Å². The minimum atomic E-state index is -2.56. The lowest BCUT2D eigenvalue weighted by Gasteiger charge is -2.34. The molecule has 10 nitrogen and oxygen atoms in total. The van der Waals surface area contributed by atoms with Crippen LogP contribution in [-0.4, -0.2) is 70.8 Å². The lowest BCUT2D eigenvalue weighted by molar-refractivity contribution is -0.133. The van der Waals surface area contributed by atoms with Gasteiger partial charge in [-0.2, -0.15) is 10.1 Å². The quantitative estimate of drug-likeness (QED) is 0.369. The highest BCUT2D eigenvalue weighted by molar-refractivity contribution is 5.87. The molecule has 1 aromatic carbocycles. The van der Waals surface area contributed by atoms with Crippen molar-refractivity contribution in [3.05, 3.63) is 30.5 Å². The van der Waals surface area contributed by atoms with Crippen LogP contribution in [0, 0.1) is 5.53 Å². The van der Waals surface area contributed by atoms with Crippen LogP contribution in [-0.2, 0) is 4.79 Å². The van der Waals surface area contributed by atoms with E-state index >= 15 is 0 Å². The Labute approximate surface area is 205 Å². The minimum Gasteiger partial charge on any atom is -0.479 e. The number of anilines is 2. The van der Waals surface area contributed by atoms with Gasteiger partial charge in [-0.15, -0.1) is 5.10 Å². The third kappa shape index (κ3) is 5.19. The first-order valence-electron chi connectivity index (χ1n) is 11.5. The summed E-state index contributed by atoms with van der Waals surface area (Å²) in [6, 6.07) is 6.09. The summed E-state index contributed by atoms with van der Waals surface area (Å²) in [6.07, 6.45) is -1.41. The maximum atomic E-state index is 14.8. The summed E-state index contributed by atoms with van der Waals surface area (Å²) in [7, 11) is 1.45. The van der Waals surface area contributed by atoms with Crippen LogP contribution in [0.25, 0.3) is 16.6 Å². The van der Waals surface area contributed by atoms with E-state index in [0.29, 0.717) is 41.7 Å². The molecule has 0 spiro atoms. The number of piperidine rings is 1. The number of benzene rings is 1. The van der Waals surface area contributed by atoms with Gasteiger partial charge in [-0.1, -0.05) is 13.0 Å². The molecule has 0 saturated carbocycles. The number of methoxy groups -OCH3 is 1. The third-order valence-electron chi connectivity index (χ3n) is 6.06.